The molecule has 6 nitrogen and oxygen atoms in total. The number of Topliss-reactive ketones (excluding diaryl/α,β-unsaturated/α-hetero) is 1. The van der Waals surface area contributed by atoms with Gasteiger partial charge in [0.1, 0.15) is 5.76 Å². The van der Waals surface area contributed by atoms with Crippen LogP contribution < -0.4 is 0 Å². The molecule has 1 saturated heterocycles. The maximum atomic E-state index is 13.0. The number of ketones is 1. The number of aromatic nitrogens is 1. The van der Waals surface area contributed by atoms with Crippen LogP contribution in [-0.4, -0.2) is 57.8 Å². The van der Waals surface area contributed by atoms with Crippen molar-refractivity contribution in [3.8, 4) is 0 Å². The number of pyridine rings is 1. The fourth-order valence-corrected chi connectivity index (χ4v) is 3.78. The Morgan fingerprint density at radius 3 is 2.38 bits per heavy atom. The van der Waals surface area contributed by atoms with Crippen LogP contribution in [0.4, 0.5) is 0 Å². The highest BCUT2D eigenvalue weighted by atomic mass is 16.3. The maximum Gasteiger partial charge on any atom is 0.295 e. The average molecular weight is 393 g/mol. The lowest BCUT2D eigenvalue weighted by Gasteiger charge is -2.29. The van der Waals surface area contributed by atoms with Crippen molar-refractivity contribution >= 4 is 17.4 Å². The van der Waals surface area contributed by atoms with Gasteiger partial charge < -0.3 is 14.9 Å². The summed E-state index contributed by atoms with van der Waals surface area (Å²) in [5.41, 5.74) is 2.42. The zero-order chi connectivity index (χ0) is 21.0. The Hall–Kier alpha value is -2.99. The van der Waals surface area contributed by atoms with E-state index in [0.717, 1.165) is 24.2 Å². The molecule has 1 N–H and O–H groups in total. The van der Waals surface area contributed by atoms with Gasteiger partial charge in [-0.3, -0.25) is 14.6 Å². The number of aryl methyl sites for hydroxylation is 1. The predicted octanol–water partition coefficient (Wildman–Crippen LogP) is 3.15. The van der Waals surface area contributed by atoms with Crippen molar-refractivity contribution in [3.63, 3.8) is 0 Å². The summed E-state index contributed by atoms with van der Waals surface area (Å²) in [5.74, 6) is -1.38. The van der Waals surface area contributed by atoms with Crippen molar-refractivity contribution in [1.29, 1.82) is 0 Å². The van der Waals surface area contributed by atoms with Gasteiger partial charge in [-0.1, -0.05) is 38.1 Å². The lowest BCUT2D eigenvalue weighted by Crippen LogP contribution is -2.38. The lowest BCUT2D eigenvalue weighted by atomic mass is 9.93. The van der Waals surface area contributed by atoms with E-state index in [-0.39, 0.29) is 11.3 Å². The molecule has 3 rings (SSSR count). The second kappa shape index (κ2) is 9.01. The summed E-state index contributed by atoms with van der Waals surface area (Å²) in [7, 11) is 0. The van der Waals surface area contributed by atoms with E-state index in [1.807, 2.05) is 31.2 Å². The summed E-state index contributed by atoms with van der Waals surface area (Å²) < 4.78 is 0. The fourth-order valence-electron chi connectivity index (χ4n) is 3.78. The average Bonchev–Trinajstić information content (AvgIpc) is 2.99. The molecule has 29 heavy (non-hydrogen) atoms. The van der Waals surface area contributed by atoms with Crippen molar-refractivity contribution in [2.24, 2.45) is 0 Å². The first kappa shape index (κ1) is 20.7. The standard InChI is InChI=1S/C23H27N3O3/c1-4-25(5-2)14-15-26-20(18-9-7-6-8-16(18)3)19(22(28)23(26)29)21(27)17-10-12-24-13-11-17/h6-13,20,27H,4-5,14-15H2,1-3H3/b21-19-. The quantitative estimate of drug-likeness (QED) is 0.444. The van der Waals surface area contributed by atoms with Gasteiger partial charge >= 0.3 is 0 Å². The van der Waals surface area contributed by atoms with Gasteiger partial charge in [0.15, 0.2) is 0 Å². The minimum Gasteiger partial charge on any atom is -0.507 e. The number of aliphatic hydroxyl groups excluding tert-OH is 1. The number of likely N-dealkylation sites (N-methyl/N-ethyl adjacent to an activating group) is 1. The van der Waals surface area contributed by atoms with Crippen molar-refractivity contribution in [2.75, 3.05) is 26.2 Å². The molecule has 1 aliphatic rings. The smallest absolute Gasteiger partial charge is 0.295 e. The zero-order valence-electron chi connectivity index (χ0n) is 17.1. The Morgan fingerprint density at radius 2 is 1.76 bits per heavy atom. The van der Waals surface area contributed by atoms with Crippen LogP contribution >= 0.6 is 0 Å². The van der Waals surface area contributed by atoms with Crippen LogP contribution in [-0.2, 0) is 9.59 Å². The molecule has 0 bridgehead atoms. The van der Waals surface area contributed by atoms with Gasteiger partial charge in [0, 0.05) is 31.0 Å². The Labute approximate surface area is 171 Å². The van der Waals surface area contributed by atoms with Crippen molar-refractivity contribution in [3.05, 3.63) is 71.1 Å². The van der Waals surface area contributed by atoms with Gasteiger partial charge in [-0.25, -0.2) is 0 Å². The van der Waals surface area contributed by atoms with E-state index < -0.39 is 17.7 Å². The molecule has 6 heteroatoms. The van der Waals surface area contributed by atoms with Crippen LogP contribution in [0.15, 0.2) is 54.4 Å². The lowest BCUT2D eigenvalue weighted by molar-refractivity contribution is -0.140. The van der Waals surface area contributed by atoms with Crippen LogP contribution in [0.3, 0.4) is 0 Å². The summed E-state index contributed by atoms with van der Waals surface area (Å²) in [6, 6.07) is 10.3. The molecule has 1 aromatic heterocycles. The molecule has 1 amide bonds. The minimum atomic E-state index is -0.646. The third-order valence-corrected chi connectivity index (χ3v) is 5.53. The van der Waals surface area contributed by atoms with Crippen LogP contribution in [0.1, 0.15) is 36.6 Å². The number of nitrogens with zero attached hydrogens (tertiary/aromatic N) is 3. The Balaban J connectivity index is 2.11. The first-order valence-corrected chi connectivity index (χ1v) is 9.96. The maximum absolute atomic E-state index is 13.0. The number of rotatable bonds is 7. The number of hydrogen-bond donors (Lipinski definition) is 1. The van der Waals surface area contributed by atoms with E-state index in [0.29, 0.717) is 18.7 Å². The first-order chi connectivity index (χ1) is 14.0. The summed E-state index contributed by atoms with van der Waals surface area (Å²) in [5, 5.41) is 11.0. The molecular formula is C23H27N3O3. The van der Waals surface area contributed by atoms with Gasteiger partial charge in [0.25, 0.3) is 11.7 Å². The topological polar surface area (TPSA) is 73.7 Å². The normalized spacial score (nSPS) is 18.6. The zero-order valence-corrected chi connectivity index (χ0v) is 17.1. The number of carbonyl (C=O) groups is 2. The monoisotopic (exact) mass is 393 g/mol. The molecule has 152 valence electrons. The minimum absolute atomic E-state index is 0.134. The molecule has 0 saturated carbocycles. The van der Waals surface area contributed by atoms with Crippen molar-refractivity contribution in [2.45, 2.75) is 26.8 Å². The second-order valence-electron chi connectivity index (χ2n) is 7.11. The van der Waals surface area contributed by atoms with E-state index >= 15 is 0 Å². The Morgan fingerprint density at radius 1 is 1.10 bits per heavy atom. The summed E-state index contributed by atoms with van der Waals surface area (Å²) >= 11 is 0. The molecule has 0 radical (unpaired) electrons. The molecule has 1 aliphatic heterocycles. The highest BCUT2D eigenvalue weighted by Crippen LogP contribution is 2.40. The number of likely N-dealkylation sites (tertiary alicyclic amines) is 1. The van der Waals surface area contributed by atoms with Gasteiger partial charge in [-0.15, -0.1) is 0 Å². The van der Waals surface area contributed by atoms with Crippen molar-refractivity contribution < 1.29 is 14.7 Å². The largest absolute Gasteiger partial charge is 0.507 e. The highest BCUT2D eigenvalue weighted by molar-refractivity contribution is 6.46. The molecular weight excluding hydrogens is 366 g/mol. The Bertz CT molecular complexity index is 920. The highest BCUT2D eigenvalue weighted by Gasteiger charge is 2.46. The molecule has 0 aliphatic carbocycles. The SMILES string of the molecule is CCN(CC)CCN1C(=O)C(=O)/C(=C(\O)c2ccncc2)C1c1ccccc1C. The van der Waals surface area contributed by atoms with Gasteiger partial charge in [-0.2, -0.15) is 0 Å². The first-order valence-electron chi connectivity index (χ1n) is 9.96. The van der Waals surface area contributed by atoms with Gasteiger partial charge in [0.2, 0.25) is 0 Å². The second-order valence-corrected chi connectivity index (χ2v) is 7.11. The van der Waals surface area contributed by atoms with Crippen LogP contribution in [0, 0.1) is 6.92 Å². The van der Waals surface area contributed by atoms with Gasteiger partial charge in [-0.05, 0) is 43.3 Å². The number of hydrogen-bond acceptors (Lipinski definition) is 5. The van der Waals surface area contributed by atoms with E-state index in [1.54, 1.807) is 29.4 Å². The molecule has 1 fully saturated rings. The Kier molecular flexibility index (Phi) is 6.44. The van der Waals surface area contributed by atoms with Crippen molar-refractivity contribution in [1.82, 2.24) is 14.8 Å². The predicted molar refractivity (Wildman–Crippen MR) is 112 cm³/mol. The number of amides is 1. The number of carbonyl (C=O) groups excluding carboxylic acids is 2. The van der Waals surface area contributed by atoms with Crippen LogP contribution in [0.5, 0.6) is 0 Å². The molecule has 1 unspecified atom stereocenters. The van der Waals surface area contributed by atoms with E-state index in [2.05, 4.69) is 23.7 Å². The number of benzene rings is 1. The van der Waals surface area contributed by atoms with E-state index in [9.17, 15) is 14.7 Å². The molecule has 1 atom stereocenters. The molecule has 2 aromatic rings. The molecule has 2 heterocycles. The van der Waals surface area contributed by atoms with Gasteiger partial charge in [0.05, 0.1) is 11.6 Å². The fraction of sp³-hybridized carbons (Fsp3) is 0.348. The van der Waals surface area contributed by atoms with E-state index in [1.165, 1.54) is 0 Å². The number of aliphatic hydroxyl groups is 1. The summed E-state index contributed by atoms with van der Waals surface area (Å²) in [4.78, 5) is 33.7. The molecule has 0 spiro atoms. The third kappa shape index (κ3) is 4.07. The molecule has 1 aromatic carbocycles. The summed E-state index contributed by atoms with van der Waals surface area (Å²) in [6.07, 6.45) is 3.10. The third-order valence-electron chi connectivity index (χ3n) is 5.53. The van der Waals surface area contributed by atoms with E-state index in [4.69, 9.17) is 0 Å². The van der Waals surface area contributed by atoms with Crippen LogP contribution in [0.25, 0.3) is 5.76 Å². The summed E-state index contributed by atoms with van der Waals surface area (Å²) in [6.45, 7) is 8.90. The van der Waals surface area contributed by atoms with Crippen LogP contribution in [0.2, 0.25) is 0 Å².